The van der Waals surface area contributed by atoms with E-state index in [1.807, 2.05) is 6.07 Å². The third-order valence-electron chi connectivity index (χ3n) is 3.34. The van der Waals surface area contributed by atoms with Gasteiger partial charge in [-0.05, 0) is 19.4 Å². The van der Waals surface area contributed by atoms with Crippen LogP contribution in [0.1, 0.15) is 23.3 Å². The number of benzene rings is 2. The van der Waals surface area contributed by atoms with Crippen LogP contribution < -0.4 is 0 Å². The van der Waals surface area contributed by atoms with E-state index in [0.29, 0.717) is 5.25 Å². The number of hydrogen-bond donors (Lipinski definition) is 1. The van der Waals surface area contributed by atoms with Crippen LogP contribution in [0.3, 0.4) is 0 Å². The van der Waals surface area contributed by atoms with E-state index in [-0.39, 0.29) is 0 Å². The van der Waals surface area contributed by atoms with Crippen LogP contribution in [0, 0.1) is 6.92 Å². The first kappa shape index (κ1) is 13.9. The summed E-state index contributed by atoms with van der Waals surface area (Å²) < 4.78 is 0. The van der Waals surface area contributed by atoms with Crippen LogP contribution in [-0.4, -0.2) is 15.2 Å². The Balaban J connectivity index is 1.75. The summed E-state index contributed by atoms with van der Waals surface area (Å²) >= 11 is 1.66. The van der Waals surface area contributed by atoms with Gasteiger partial charge < -0.3 is 0 Å². The van der Waals surface area contributed by atoms with Crippen LogP contribution in [0.25, 0.3) is 11.4 Å². The van der Waals surface area contributed by atoms with Gasteiger partial charge in [0.05, 0.1) is 0 Å². The van der Waals surface area contributed by atoms with E-state index in [9.17, 15) is 0 Å². The minimum absolute atomic E-state index is 0.327. The predicted octanol–water partition coefficient (Wildman–Crippen LogP) is 4.63. The molecule has 1 unspecified atom stereocenters. The summed E-state index contributed by atoms with van der Waals surface area (Å²) in [5, 5.41) is 8.43. The summed E-state index contributed by atoms with van der Waals surface area (Å²) in [5.41, 5.74) is 3.59. The van der Waals surface area contributed by atoms with Crippen LogP contribution in [0.15, 0.2) is 59.8 Å². The van der Waals surface area contributed by atoms with Crippen molar-refractivity contribution in [3.05, 3.63) is 65.7 Å². The number of aryl methyl sites for hydroxylation is 1. The van der Waals surface area contributed by atoms with E-state index in [1.54, 1.807) is 11.8 Å². The summed E-state index contributed by atoms with van der Waals surface area (Å²) in [6.45, 7) is 4.24. The fourth-order valence-corrected chi connectivity index (χ4v) is 2.94. The molecule has 0 fully saturated rings. The molecule has 0 radical (unpaired) electrons. The van der Waals surface area contributed by atoms with Crippen molar-refractivity contribution in [3.8, 4) is 11.4 Å². The molecule has 106 valence electrons. The van der Waals surface area contributed by atoms with Crippen LogP contribution in [-0.2, 0) is 0 Å². The molecule has 3 aromatic rings. The normalized spacial score (nSPS) is 12.3. The van der Waals surface area contributed by atoms with E-state index in [1.165, 1.54) is 11.1 Å². The topological polar surface area (TPSA) is 41.6 Å². The van der Waals surface area contributed by atoms with Crippen LogP contribution in [0.2, 0.25) is 0 Å². The first-order valence-corrected chi connectivity index (χ1v) is 7.81. The molecule has 0 aliphatic heterocycles. The van der Waals surface area contributed by atoms with Gasteiger partial charge in [0.25, 0.3) is 0 Å². The smallest absolute Gasteiger partial charge is 0.209 e. The molecule has 0 bridgehead atoms. The third-order valence-corrected chi connectivity index (χ3v) is 4.36. The maximum absolute atomic E-state index is 4.57. The lowest BCUT2D eigenvalue weighted by atomic mass is 10.1. The molecule has 0 saturated heterocycles. The fraction of sp³-hybridized carbons (Fsp3) is 0.176. The van der Waals surface area contributed by atoms with Crippen molar-refractivity contribution in [2.45, 2.75) is 24.3 Å². The quantitative estimate of drug-likeness (QED) is 0.713. The molecule has 1 N–H and O–H groups in total. The molecule has 2 aromatic carbocycles. The van der Waals surface area contributed by atoms with Gasteiger partial charge in [0.2, 0.25) is 5.16 Å². The molecule has 0 aliphatic rings. The van der Waals surface area contributed by atoms with Crippen molar-refractivity contribution in [2.24, 2.45) is 0 Å². The number of nitrogens with one attached hydrogen (secondary N) is 1. The maximum Gasteiger partial charge on any atom is 0.209 e. The van der Waals surface area contributed by atoms with Gasteiger partial charge in [-0.2, -0.15) is 0 Å². The number of aromatic amines is 1. The summed E-state index contributed by atoms with van der Waals surface area (Å²) in [4.78, 5) is 4.57. The van der Waals surface area contributed by atoms with Gasteiger partial charge >= 0.3 is 0 Å². The van der Waals surface area contributed by atoms with E-state index in [2.05, 4.69) is 77.6 Å². The highest BCUT2D eigenvalue weighted by atomic mass is 32.2. The second-order valence-electron chi connectivity index (χ2n) is 5.00. The summed E-state index contributed by atoms with van der Waals surface area (Å²) in [6.07, 6.45) is 0. The SMILES string of the molecule is Cc1ccc(-c2nc(SC(C)c3ccccc3)n[nH]2)cc1. The van der Waals surface area contributed by atoms with E-state index < -0.39 is 0 Å². The Bertz CT molecular complexity index is 704. The maximum atomic E-state index is 4.57. The molecule has 21 heavy (non-hydrogen) atoms. The molecule has 1 atom stereocenters. The minimum atomic E-state index is 0.327. The molecule has 1 aromatic heterocycles. The van der Waals surface area contributed by atoms with E-state index >= 15 is 0 Å². The second-order valence-corrected chi connectivity index (χ2v) is 6.31. The molecular formula is C17H17N3S. The lowest BCUT2D eigenvalue weighted by Gasteiger charge is -2.08. The Morgan fingerprint density at radius 3 is 2.43 bits per heavy atom. The highest BCUT2D eigenvalue weighted by molar-refractivity contribution is 7.99. The second kappa shape index (κ2) is 6.14. The van der Waals surface area contributed by atoms with Crippen molar-refractivity contribution in [1.29, 1.82) is 0 Å². The van der Waals surface area contributed by atoms with Crippen molar-refractivity contribution in [3.63, 3.8) is 0 Å². The Morgan fingerprint density at radius 2 is 1.71 bits per heavy atom. The van der Waals surface area contributed by atoms with Crippen LogP contribution in [0.4, 0.5) is 0 Å². The molecule has 3 nitrogen and oxygen atoms in total. The third kappa shape index (κ3) is 3.34. The molecule has 0 aliphatic carbocycles. The van der Waals surface area contributed by atoms with E-state index in [4.69, 9.17) is 0 Å². The molecule has 3 rings (SSSR count). The summed E-state index contributed by atoms with van der Waals surface area (Å²) in [5.74, 6) is 0.817. The van der Waals surface area contributed by atoms with Gasteiger partial charge in [-0.25, -0.2) is 4.98 Å². The van der Waals surface area contributed by atoms with Crippen LogP contribution in [0.5, 0.6) is 0 Å². The van der Waals surface area contributed by atoms with Gasteiger partial charge in [-0.3, -0.25) is 5.10 Å². The first-order valence-electron chi connectivity index (χ1n) is 6.93. The zero-order chi connectivity index (χ0) is 14.7. The van der Waals surface area contributed by atoms with E-state index in [0.717, 1.165) is 16.5 Å². The minimum Gasteiger partial charge on any atom is -0.258 e. The van der Waals surface area contributed by atoms with Gasteiger partial charge in [0.15, 0.2) is 5.82 Å². The highest BCUT2D eigenvalue weighted by Crippen LogP contribution is 2.33. The Labute approximate surface area is 128 Å². The Morgan fingerprint density at radius 1 is 1.00 bits per heavy atom. The molecule has 4 heteroatoms. The largest absolute Gasteiger partial charge is 0.258 e. The monoisotopic (exact) mass is 295 g/mol. The number of hydrogen-bond acceptors (Lipinski definition) is 3. The number of H-pyrrole nitrogens is 1. The molecule has 1 heterocycles. The number of nitrogens with zero attached hydrogens (tertiary/aromatic N) is 2. The first-order chi connectivity index (χ1) is 10.2. The van der Waals surface area contributed by atoms with Gasteiger partial charge in [0, 0.05) is 10.8 Å². The molecule has 0 amide bonds. The number of thioether (sulfide) groups is 1. The van der Waals surface area contributed by atoms with Gasteiger partial charge in [0.1, 0.15) is 0 Å². The molecule has 0 saturated carbocycles. The molecular weight excluding hydrogens is 278 g/mol. The van der Waals surface area contributed by atoms with Gasteiger partial charge in [-0.15, -0.1) is 5.10 Å². The van der Waals surface area contributed by atoms with Crippen LogP contribution >= 0.6 is 11.8 Å². The predicted molar refractivity (Wildman–Crippen MR) is 87.3 cm³/mol. The van der Waals surface area contributed by atoms with Crippen molar-refractivity contribution >= 4 is 11.8 Å². The summed E-state index contributed by atoms with van der Waals surface area (Å²) in [7, 11) is 0. The lowest BCUT2D eigenvalue weighted by molar-refractivity contribution is 0.960. The number of aromatic nitrogens is 3. The molecule has 0 spiro atoms. The Kier molecular flexibility index (Phi) is 4.06. The average molecular weight is 295 g/mol. The Hall–Kier alpha value is -2.07. The van der Waals surface area contributed by atoms with Crippen molar-refractivity contribution < 1.29 is 0 Å². The average Bonchev–Trinajstić information content (AvgIpc) is 2.97. The number of rotatable bonds is 4. The fourth-order valence-electron chi connectivity index (χ4n) is 2.09. The summed E-state index contributed by atoms with van der Waals surface area (Å²) in [6, 6.07) is 18.7. The van der Waals surface area contributed by atoms with Crippen molar-refractivity contribution in [2.75, 3.05) is 0 Å². The zero-order valence-electron chi connectivity index (χ0n) is 12.1. The standard InChI is InChI=1S/C17H17N3S/c1-12-8-10-15(11-9-12)16-18-17(20-19-16)21-13(2)14-6-4-3-5-7-14/h3-11,13H,1-2H3,(H,18,19,20). The lowest BCUT2D eigenvalue weighted by Crippen LogP contribution is -1.88. The van der Waals surface area contributed by atoms with Gasteiger partial charge in [-0.1, -0.05) is 71.9 Å². The zero-order valence-corrected chi connectivity index (χ0v) is 12.9. The highest BCUT2D eigenvalue weighted by Gasteiger charge is 2.11. The van der Waals surface area contributed by atoms with Crippen molar-refractivity contribution in [1.82, 2.24) is 15.2 Å².